The van der Waals surface area contributed by atoms with E-state index < -0.39 is 0 Å². The Balaban J connectivity index is 1.93. The molecule has 1 unspecified atom stereocenters. The lowest BCUT2D eigenvalue weighted by molar-refractivity contribution is 0.471. The Kier molecular flexibility index (Phi) is 3.70. The van der Waals surface area contributed by atoms with Gasteiger partial charge in [0, 0.05) is 10.2 Å². The van der Waals surface area contributed by atoms with Crippen LogP contribution in [0, 0.1) is 6.92 Å². The molecule has 0 amide bonds. The molecule has 1 aliphatic rings. The van der Waals surface area contributed by atoms with Crippen LogP contribution in [0.2, 0.25) is 0 Å². The first kappa shape index (κ1) is 13.5. The van der Waals surface area contributed by atoms with E-state index in [-0.39, 0.29) is 6.04 Å². The van der Waals surface area contributed by atoms with Crippen LogP contribution in [0.3, 0.4) is 0 Å². The molecule has 2 N–H and O–H groups in total. The van der Waals surface area contributed by atoms with Crippen molar-refractivity contribution in [3.63, 3.8) is 0 Å². The van der Waals surface area contributed by atoms with Crippen molar-refractivity contribution in [2.75, 3.05) is 5.32 Å². The lowest BCUT2D eigenvalue weighted by Gasteiger charge is -2.28. The third-order valence-electron chi connectivity index (χ3n) is 3.97. The molecule has 0 aliphatic heterocycles. The van der Waals surface area contributed by atoms with Crippen LogP contribution in [0.25, 0.3) is 0 Å². The quantitative estimate of drug-likeness (QED) is 0.815. The number of aromatic hydroxyl groups is 1. The first-order chi connectivity index (χ1) is 9.63. The van der Waals surface area contributed by atoms with Crippen LogP contribution in [0.5, 0.6) is 5.75 Å². The van der Waals surface area contributed by atoms with Gasteiger partial charge in [-0.2, -0.15) is 0 Å². The fourth-order valence-electron chi connectivity index (χ4n) is 2.87. The van der Waals surface area contributed by atoms with E-state index in [1.165, 1.54) is 23.1 Å². The minimum atomic E-state index is 0.277. The molecule has 0 bridgehead atoms. The number of benzene rings is 2. The fraction of sp³-hybridized carbons (Fsp3) is 0.294. The predicted octanol–water partition coefficient (Wildman–Crippen LogP) is 4.95. The minimum absolute atomic E-state index is 0.277. The number of aryl methyl sites for hydroxylation is 2. The number of halogens is 1. The molecule has 0 heterocycles. The standard InChI is InChI=1S/C17H18BrNO/c1-11-5-7-13(18)9-17(11)19-16-4-2-3-12-6-8-14(20)10-15(12)16/h5-10,16,19-20H,2-4H2,1H3. The maximum Gasteiger partial charge on any atom is 0.115 e. The molecule has 3 rings (SSSR count). The summed E-state index contributed by atoms with van der Waals surface area (Å²) in [7, 11) is 0. The van der Waals surface area contributed by atoms with E-state index >= 15 is 0 Å². The number of hydrogen-bond donors (Lipinski definition) is 2. The average molecular weight is 332 g/mol. The highest BCUT2D eigenvalue weighted by molar-refractivity contribution is 9.10. The second-order valence-corrected chi connectivity index (χ2v) is 6.35. The van der Waals surface area contributed by atoms with Gasteiger partial charge >= 0.3 is 0 Å². The molecule has 1 atom stereocenters. The fourth-order valence-corrected chi connectivity index (χ4v) is 3.23. The van der Waals surface area contributed by atoms with Gasteiger partial charge < -0.3 is 10.4 Å². The Labute approximate surface area is 128 Å². The Morgan fingerprint density at radius 1 is 1.20 bits per heavy atom. The van der Waals surface area contributed by atoms with E-state index in [9.17, 15) is 5.11 Å². The van der Waals surface area contributed by atoms with Crippen LogP contribution in [0.15, 0.2) is 40.9 Å². The molecule has 2 aromatic carbocycles. The number of phenols is 1. The smallest absolute Gasteiger partial charge is 0.115 e. The molecule has 0 spiro atoms. The summed E-state index contributed by atoms with van der Waals surface area (Å²) in [6, 6.07) is 12.3. The highest BCUT2D eigenvalue weighted by atomic mass is 79.9. The summed E-state index contributed by atoms with van der Waals surface area (Å²) in [6.45, 7) is 2.11. The van der Waals surface area contributed by atoms with Crippen LogP contribution < -0.4 is 5.32 Å². The van der Waals surface area contributed by atoms with Crippen LogP contribution in [-0.4, -0.2) is 5.11 Å². The van der Waals surface area contributed by atoms with Gasteiger partial charge in [-0.15, -0.1) is 0 Å². The van der Waals surface area contributed by atoms with E-state index in [0.29, 0.717) is 5.75 Å². The normalized spacial score (nSPS) is 17.6. The summed E-state index contributed by atoms with van der Waals surface area (Å²) in [5.41, 5.74) is 4.97. The molecule has 3 heteroatoms. The SMILES string of the molecule is Cc1ccc(Br)cc1NC1CCCc2ccc(O)cc21. The number of fused-ring (bicyclic) bond motifs is 1. The number of nitrogens with one attached hydrogen (secondary N) is 1. The molecule has 2 nitrogen and oxygen atoms in total. The van der Waals surface area contributed by atoms with Gasteiger partial charge in [-0.25, -0.2) is 0 Å². The topological polar surface area (TPSA) is 32.3 Å². The molecule has 0 radical (unpaired) electrons. The van der Waals surface area contributed by atoms with Crippen LogP contribution >= 0.6 is 15.9 Å². The van der Waals surface area contributed by atoms with E-state index in [4.69, 9.17) is 0 Å². The van der Waals surface area contributed by atoms with Crippen molar-refractivity contribution >= 4 is 21.6 Å². The molecule has 0 saturated carbocycles. The van der Waals surface area contributed by atoms with Crippen molar-refractivity contribution in [3.05, 3.63) is 57.6 Å². The monoisotopic (exact) mass is 331 g/mol. The highest BCUT2D eigenvalue weighted by Crippen LogP contribution is 2.35. The van der Waals surface area contributed by atoms with Crippen molar-refractivity contribution in [1.29, 1.82) is 0 Å². The second-order valence-electron chi connectivity index (χ2n) is 5.43. The van der Waals surface area contributed by atoms with E-state index in [1.54, 1.807) is 6.07 Å². The van der Waals surface area contributed by atoms with Gasteiger partial charge in [0.25, 0.3) is 0 Å². The highest BCUT2D eigenvalue weighted by Gasteiger charge is 2.21. The zero-order valence-corrected chi connectivity index (χ0v) is 13.1. The summed E-state index contributed by atoms with van der Waals surface area (Å²) in [4.78, 5) is 0. The molecule has 0 aromatic heterocycles. The number of anilines is 1. The number of rotatable bonds is 2. The largest absolute Gasteiger partial charge is 0.508 e. The van der Waals surface area contributed by atoms with Crippen molar-refractivity contribution in [3.8, 4) is 5.75 Å². The minimum Gasteiger partial charge on any atom is -0.508 e. The van der Waals surface area contributed by atoms with E-state index in [1.807, 2.05) is 12.1 Å². The van der Waals surface area contributed by atoms with Crippen molar-refractivity contribution in [2.24, 2.45) is 0 Å². The molecular formula is C17H18BrNO. The average Bonchev–Trinajstić information content (AvgIpc) is 2.43. The Hall–Kier alpha value is -1.48. The molecule has 104 valence electrons. The van der Waals surface area contributed by atoms with Gasteiger partial charge in [0.15, 0.2) is 0 Å². The maximum absolute atomic E-state index is 9.74. The molecule has 20 heavy (non-hydrogen) atoms. The van der Waals surface area contributed by atoms with Gasteiger partial charge in [0.2, 0.25) is 0 Å². The Morgan fingerprint density at radius 2 is 2.05 bits per heavy atom. The van der Waals surface area contributed by atoms with E-state index in [2.05, 4.69) is 46.4 Å². The van der Waals surface area contributed by atoms with Crippen molar-refractivity contribution in [1.82, 2.24) is 0 Å². The number of phenolic OH excluding ortho intramolecular Hbond substituents is 1. The first-order valence-electron chi connectivity index (χ1n) is 6.98. The van der Waals surface area contributed by atoms with Crippen molar-refractivity contribution < 1.29 is 5.11 Å². The summed E-state index contributed by atoms with van der Waals surface area (Å²) in [5, 5.41) is 13.4. The maximum atomic E-state index is 9.74. The first-order valence-corrected chi connectivity index (χ1v) is 7.77. The Bertz CT molecular complexity index is 639. The molecule has 2 aromatic rings. The molecule has 0 fully saturated rings. The van der Waals surface area contributed by atoms with Gasteiger partial charge in [-0.1, -0.05) is 28.1 Å². The molecule has 0 saturated heterocycles. The summed E-state index contributed by atoms with van der Waals surface area (Å²) in [5.74, 6) is 0.350. The molecule has 1 aliphatic carbocycles. The lowest BCUT2D eigenvalue weighted by Crippen LogP contribution is -2.17. The van der Waals surface area contributed by atoms with Crippen LogP contribution in [-0.2, 0) is 6.42 Å². The van der Waals surface area contributed by atoms with E-state index in [0.717, 1.165) is 23.0 Å². The van der Waals surface area contributed by atoms with Gasteiger partial charge in [0.05, 0.1) is 6.04 Å². The summed E-state index contributed by atoms with van der Waals surface area (Å²) in [6.07, 6.45) is 3.39. The summed E-state index contributed by atoms with van der Waals surface area (Å²) < 4.78 is 1.08. The zero-order valence-electron chi connectivity index (χ0n) is 11.5. The number of hydrogen-bond acceptors (Lipinski definition) is 2. The van der Waals surface area contributed by atoms with Gasteiger partial charge in [-0.3, -0.25) is 0 Å². The van der Waals surface area contributed by atoms with Gasteiger partial charge in [0.1, 0.15) is 5.75 Å². The van der Waals surface area contributed by atoms with Crippen molar-refractivity contribution in [2.45, 2.75) is 32.2 Å². The Morgan fingerprint density at radius 3 is 2.90 bits per heavy atom. The summed E-state index contributed by atoms with van der Waals surface area (Å²) >= 11 is 3.52. The lowest BCUT2D eigenvalue weighted by atomic mass is 9.87. The predicted molar refractivity (Wildman–Crippen MR) is 86.3 cm³/mol. The van der Waals surface area contributed by atoms with Crippen LogP contribution in [0.1, 0.15) is 35.6 Å². The van der Waals surface area contributed by atoms with Gasteiger partial charge in [-0.05, 0) is 67.1 Å². The van der Waals surface area contributed by atoms with Crippen LogP contribution in [0.4, 0.5) is 5.69 Å². The third-order valence-corrected chi connectivity index (χ3v) is 4.47. The second kappa shape index (κ2) is 5.49. The molecular weight excluding hydrogens is 314 g/mol. The zero-order chi connectivity index (χ0) is 14.1. The third kappa shape index (κ3) is 2.68.